The molecule has 12 heteroatoms. The first kappa shape index (κ1) is 59.2. The molecule has 0 spiro atoms. The summed E-state index contributed by atoms with van der Waals surface area (Å²) in [4.78, 5) is 35.2. The van der Waals surface area contributed by atoms with Crippen molar-refractivity contribution in [1.82, 2.24) is 0 Å². The fourth-order valence-electron chi connectivity index (χ4n) is 7.30. The molecule has 1 fully saturated rings. The number of phosphoric ester groups is 1. The first-order valence-electron chi connectivity index (χ1n) is 25.5. The fraction of sp³-hybridized carbons (Fsp3) is 0.843. The molecule has 4 unspecified atom stereocenters. The van der Waals surface area contributed by atoms with Gasteiger partial charge in [0.05, 0.1) is 32.0 Å². The number of allylic oxidation sites excluding steroid dienone is 4. The Morgan fingerprint density at radius 2 is 1.11 bits per heavy atom. The fourth-order valence-corrected chi connectivity index (χ4v) is 8.09. The van der Waals surface area contributed by atoms with Gasteiger partial charge in [-0.25, -0.2) is 4.57 Å². The number of esters is 2. The number of hydrogen-bond donors (Lipinski definition) is 3. The van der Waals surface area contributed by atoms with Crippen molar-refractivity contribution in [1.29, 1.82) is 0 Å². The normalized spacial score (nSPS) is 17.7. The largest absolute Gasteiger partial charge is 0.472 e. The van der Waals surface area contributed by atoms with E-state index in [1.165, 1.54) is 122 Å². The molecule has 6 atom stereocenters. The average molecular weight is 913 g/mol. The van der Waals surface area contributed by atoms with Crippen LogP contribution in [-0.2, 0) is 37.4 Å². The van der Waals surface area contributed by atoms with Crippen LogP contribution in [0.15, 0.2) is 36.5 Å². The van der Waals surface area contributed by atoms with E-state index < -0.39 is 51.8 Å². The highest BCUT2D eigenvalue weighted by Crippen LogP contribution is 2.43. The summed E-state index contributed by atoms with van der Waals surface area (Å²) in [6, 6.07) is 0. The molecule has 3 N–H and O–H groups in total. The standard InChI is InChI=1S/C51H93O11P/c1-4-6-7-8-27-32-37-48-49(62-48)38-33-28-23-21-25-29-34-39-50(54)58-43-47(44-60-63(56,57)59-42-46(53)41-52)61-51(55)40-35-30-24-20-18-16-14-12-10-9-11-13-15-17-19-22-26-31-36-45(3)5-2/h21,25,27-28,32-33,45-49,52-53H,4-20,22-24,26,29-31,34-44H2,1-3H3,(H,56,57)/b25-21-,32-27-,33-28-/t45?,46-,47+,48?,49?/m0/s1. The smallest absolute Gasteiger partial charge is 0.462 e. The molecule has 0 bridgehead atoms. The van der Waals surface area contributed by atoms with E-state index in [2.05, 4.69) is 51.2 Å². The Bertz CT molecular complexity index is 1220. The highest BCUT2D eigenvalue weighted by atomic mass is 31.2. The molecule has 0 amide bonds. The van der Waals surface area contributed by atoms with E-state index in [-0.39, 0.29) is 19.4 Å². The van der Waals surface area contributed by atoms with Crippen molar-refractivity contribution in [2.75, 3.05) is 26.4 Å². The second-order valence-corrected chi connectivity index (χ2v) is 19.3. The Kier molecular flexibility index (Phi) is 39.0. The number of rotatable bonds is 46. The number of epoxide rings is 1. The molecule has 0 radical (unpaired) electrons. The Morgan fingerprint density at radius 1 is 0.619 bits per heavy atom. The highest BCUT2D eigenvalue weighted by molar-refractivity contribution is 7.47. The van der Waals surface area contributed by atoms with E-state index in [1.54, 1.807) is 0 Å². The number of unbranched alkanes of at least 4 members (excludes halogenated alkanes) is 21. The van der Waals surface area contributed by atoms with Crippen LogP contribution in [0.1, 0.15) is 220 Å². The lowest BCUT2D eigenvalue weighted by Crippen LogP contribution is -2.29. The van der Waals surface area contributed by atoms with Crippen LogP contribution in [0, 0.1) is 5.92 Å². The van der Waals surface area contributed by atoms with Crippen molar-refractivity contribution >= 4 is 19.8 Å². The molecule has 1 rings (SSSR count). The molecule has 1 aliphatic heterocycles. The zero-order valence-corrected chi connectivity index (χ0v) is 41.0. The van der Waals surface area contributed by atoms with Gasteiger partial charge < -0.3 is 29.3 Å². The van der Waals surface area contributed by atoms with Gasteiger partial charge >= 0.3 is 19.8 Å². The third-order valence-electron chi connectivity index (χ3n) is 11.7. The van der Waals surface area contributed by atoms with Gasteiger partial charge in [0.2, 0.25) is 0 Å². The molecular formula is C51H93O11P. The lowest BCUT2D eigenvalue weighted by atomic mass is 9.99. The van der Waals surface area contributed by atoms with E-state index in [4.69, 9.17) is 28.4 Å². The van der Waals surface area contributed by atoms with Crippen LogP contribution < -0.4 is 0 Å². The lowest BCUT2D eigenvalue weighted by molar-refractivity contribution is -0.161. The number of carbonyl (C=O) groups excluding carboxylic acids is 2. The van der Waals surface area contributed by atoms with E-state index in [9.17, 15) is 24.2 Å². The second kappa shape index (κ2) is 41.6. The number of aliphatic hydroxyl groups is 2. The molecule has 1 heterocycles. The van der Waals surface area contributed by atoms with Crippen molar-refractivity contribution in [3.63, 3.8) is 0 Å². The number of carbonyl (C=O) groups is 2. The van der Waals surface area contributed by atoms with E-state index in [0.717, 1.165) is 50.9 Å². The van der Waals surface area contributed by atoms with Gasteiger partial charge in [-0.15, -0.1) is 0 Å². The van der Waals surface area contributed by atoms with Crippen LogP contribution in [0.2, 0.25) is 0 Å². The molecule has 0 aromatic carbocycles. The summed E-state index contributed by atoms with van der Waals surface area (Å²) < 4.78 is 38.6. The van der Waals surface area contributed by atoms with Crippen molar-refractivity contribution < 1.29 is 52.5 Å². The number of ether oxygens (including phenoxy) is 3. The van der Waals surface area contributed by atoms with Gasteiger partial charge in [-0.3, -0.25) is 18.6 Å². The van der Waals surface area contributed by atoms with Gasteiger partial charge in [0.25, 0.3) is 0 Å². The van der Waals surface area contributed by atoms with Crippen LogP contribution in [-0.4, -0.2) is 77.9 Å². The zero-order chi connectivity index (χ0) is 46.1. The maximum atomic E-state index is 12.7. The van der Waals surface area contributed by atoms with Gasteiger partial charge in [-0.1, -0.05) is 192 Å². The summed E-state index contributed by atoms with van der Waals surface area (Å²) in [5.74, 6) is -0.0981. The maximum Gasteiger partial charge on any atom is 0.472 e. The van der Waals surface area contributed by atoms with Crippen LogP contribution in [0.4, 0.5) is 0 Å². The summed E-state index contributed by atoms with van der Waals surface area (Å²) in [5.41, 5.74) is 0. The molecule has 368 valence electrons. The quantitative estimate of drug-likeness (QED) is 0.0175. The van der Waals surface area contributed by atoms with Gasteiger partial charge in [0, 0.05) is 12.8 Å². The van der Waals surface area contributed by atoms with E-state index in [0.29, 0.717) is 31.5 Å². The number of aliphatic hydroxyl groups excluding tert-OH is 2. The van der Waals surface area contributed by atoms with Crippen molar-refractivity contribution in [2.24, 2.45) is 5.92 Å². The molecule has 1 saturated heterocycles. The van der Waals surface area contributed by atoms with Crippen molar-refractivity contribution in [2.45, 2.75) is 244 Å². The minimum atomic E-state index is -4.64. The predicted molar refractivity (Wildman–Crippen MR) is 255 cm³/mol. The first-order valence-corrected chi connectivity index (χ1v) is 27.0. The minimum Gasteiger partial charge on any atom is -0.462 e. The lowest BCUT2D eigenvalue weighted by Gasteiger charge is -2.20. The Labute approximate surface area is 384 Å². The second-order valence-electron chi connectivity index (χ2n) is 17.8. The van der Waals surface area contributed by atoms with Gasteiger partial charge in [-0.05, 0) is 57.3 Å². The average Bonchev–Trinajstić information content (AvgIpc) is 4.03. The van der Waals surface area contributed by atoms with E-state index >= 15 is 0 Å². The summed E-state index contributed by atoms with van der Waals surface area (Å²) in [6.45, 7) is 4.70. The van der Waals surface area contributed by atoms with E-state index in [1.807, 2.05) is 6.08 Å². The number of hydrogen-bond acceptors (Lipinski definition) is 10. The van der Waals surface area contributed by atoms with Crippen LogP contribution in [0.5, 0.6) is 0 Å². The third-order valence-corrected chi connectivity index (χ3v) is 12.7. The van der Waals surface area contributed by atoms with Crippen molar-refractivity contribution in [3.8, 4) is 0 Å². The SMILES string of the molecule is CCCCC/C=C\CC1OC1C/C=C\C/C=C\CCCC(=O)OC[C@H](COP(=O)(O)OC[C@@H](O)CO)OC(=O)CCCCCCCCCCCCCCCCCCCCC(C)CC. The predicted octanol–water partition coefficient (Wildman–Crippen LogP) is 13.1. The Balaban J connectivity index is 2.20. The van der Waals surface area contributed by atoms with Gasteiger partial charge in [-0.2, -0.15) is 0 Å². The third kappa shape index (κ3) is 39.1. The summed E-state index contributed by atoms with van der Waals surface area (Å²) in [6.07, 6.45) is 45.7. The molecule has 63 heavy (non-hydrogen) atoms. The minimum absolute atomic E-state index is 0.162. The van der Waals surface area contributed by atoms with Crippen LogP contribution in [0.25, 0.3) is 0 Å². The Morgan fingerprint density at radius 3 is 1.68 bits per heavy atom. The Hall–Kier alpha value is -1.85. The summed E-state index contributed by atoms with van der Waals surface area (Å²) in [7, 11) is -4.64. The monoisotopic (exact) mass is 913 g/mol. The maximum absolute atomic E-state index is 12.7. The molecule has 11 nitrogen and oxygen atoms in total. The van der Waals surface area contributed by atoms with Crippen molar-refractivity contribution in [3.05, 3.63) is 36.5 Å². The first-order chi connectivity index (χ1) is 30.6. The molecule has 0 aliphatic carbocycles. The number of phosphoric acid groups is 1. The van der Waals surface area contributed by atoms with Gasteiger partial charge in [0.1, 0.15) is 12.7 Å². The highest BCUT2D eigenvalue weighted by Gasteiger charge is 2.36. The molecule has 0 saturated carbocycles. The molecular weight excluding hydrogens is 820 g/mol. The molecule has 0 aromatic rings. The topological polar surface area (TPSA) is 161 Å². The van der Waals surface area contributed by atoms with Crippen LogP contribution in [0.3, 0.4) is 0 Å². The van der Waals surface area contributed by atoms with Crippen LogP contribution >= 0.6 is 7.82 Å². The summed E-state index contributed by atoms with van der Waals surface area (Å²) in [5, 5.41) is 18.4. The zero-order valence-electron chi connectivity index (χ0n) is 40.2. The molecule has 1 aliphatic rings. The van der Waals surface area contributed by atoms with Gasteiger partial charge in [0.15, 0.2) is 6.10 Å². The summed E-state index contributed by atoms with van der Waals surface area (Å²) >= 11 is 0. The molecule has 0 aromatic heterocycles.